The van der Waals surface area contributed by atoms with Crippen molar-refractivity contribution in [2.45, 2.75) is 44.6 Å². The molecule has 188 valence electrons. The van der Waals surface area contributed by atoms with Gasteiger partial charge in [0.2, 0.25) is 5.91 Å². The van der Waals surface area contributed by atoms with Crippen molar-refractivity contribution in [1.29, 1.82) is 0 Å². The SMILES string of the molecule is O=C(N[C@@H](CCCN1CCCCC1)C(=O)NCCc1ccccc1)c1ccccc1-c1ccccc1. The van der Waals surface area contributed by atoms with E-state index < -0.39 is 6.04 Å². The van der Waals surface area contributed by atoms with Gasteiger partial charge in [0.25, 0.3) is 5.91 Å². The molecule has 3 aromatic rings. The van der Waals surface area contributed by atoms with Crippen LogP contribution in [0.2, 0.25) is 0 Å². The van der Waals surface area contributed by atoms with Crippen molar-refractivity contribution in [3.05, 3.63) is 96.1 Å². The summed E-state index contributed by atoms with van der Waals surface area (Å²) in [5.74, 6) is -0.328. The van der Waals surface area contributed by atoms with Crippen LogP contribution in [0.25, 0.3) is 11.1 Å². The highest BCUT2D eigenvalue weighted by Crippen LogP contribution is 2.23. The number of rotatable bonds is 11. The first kappa shape index (κ1) is 25.6. The van der Waals surface area contributed by atoms with Gasteiger partial charge >= 0.3 is 0 Å². The summed E-state index contributed by atoms with van der Waals surface area (Å²) in [4.78, 5) is 29.1. The molecule has 1 saturated heterocycles. The van der Waals surface area contributed by atoms with Gasteiger partial charge in [-0.2, -0.15) is 0 Å². The van der Waals surface area contributed by atoms with E-state index in [0.717, 1.165) is 43.6 Å². The third kappa shape index (κ3) is 7.53. The van der Waals surface area contributed by atoms with Crippen LogP contribution in [0.3, 0.4) is 0 Å². The highest BCUT2D eigenvalue weighted by molar-refractivity contribution is 6.02. The second-order valence-corrected chi connectivity index (χ2v) is 9.51. The summed E-state index contributed by atoms with van der Waals surface area (Å²) in [6.07, 6.45) is 6.05. The maximum Gasteiger partial charge on any atom is 0.252 e. The molecule has 0 saturated carbocycles. The van der Waals surface area contributed by atoms with E-state index >= 15 is 0 Å². The third-order valence-corrected chi connectivity index (χ3v) is 6.85. The molecule has 5 nitrogen and oxygen atoms in total. The first-order valence-electron chi connectivity index (χ1n) is 13.2. The molecule has 1 heterocycles. The molecule has 2 N–H and O–H groups in total. The molecule has 0 aromatic heterocycles. The predicted octanol–water partition coefficient (Wildman–Crippen LogP) is 5.08. The number of piperidine rings is 1. The Hall–Kier alpha value is -3.44. The maximum absolute atomic E-state index is 13.4. The van der Waals surface area contributed by atoms with Crippen molar-refractivity contribution in [3.8, 4) is 11.1 Å². The molecule has 1 aliphatic heterocycles. The summed E-state index contributed by atoms with van der Waals surface area (Å²) in [5.41, 5.74) is 3.62. The number of hydrogen-bond acceptors (Lipinski definition) is 3. The fourth-order valence-corrected chi connectivity index (χ4v) is 4.86. The van der Waals surface area contributed by atoms with Crippen LogP contribution < -0.4 is 10.6 Å². The summed E-state index contributed by atoms with van der Waals surface area (Å²) in [6, 6.07) is 27.0. The Labute approximate surface area is 214 Å². The van der Waals surface area contributed by atoms with Crippen molar-refractivity contribution in [2.75, 3.05) is 26.2 Å². The minimum atomic E-state index is -0.568. The standard InChI is InChI=1S/C31H37N3O2/c35-30(28-18-9-8-17-27(28)26-15-6-2-7-16-26)33-29(19-12-24-34-22-10-3-11-23-34)31(36)32-21-20-25-13-4-1-5-14-25/h1-2,4-9,13-18,29H,3,10-12,19-24H2,(H,32,36)(H,33,35)/t29-/m0/s1. The fourth-order valence-electron chi connectivity index (χ4n) is 4.86. The van der Waals surface area contributed by atoms with Gasteiger partial charge in [0.15, 0.2) is 0 Å². The third-order valence-electron chi connectivity index (χ3n) is 6.85. The van der Waals surface area contributed by atoms with E-state index in [1.807, 2.05) is 72.8 Å². The lowest BCUT2D eigenvalue weighted by atomic mass is 9.98. The predicted molar refractivity (Wildman–Crippen MR) is 146 cm³/mol. The van der Waals surface area contributed by atoms with Crippen LogP contribution >= 0.6 is 0 Å². The van der Waals surface area contributed by atoms with Crippen LogP contribution in [0.4, 0.5) is 0 Å². The van der Waals surface area contributed by atoms with Crippen LogP contribution in [0.1, 0.15) is 48.0 Å². The average Bonchev–Trinajstić information content (AvgIpc) is 2.94. The molecule has 1 atom stereocenters. The van der Waals surface area contributed by atoms with Crippen molar-refractivity contribution in [2.24, 2.45) is 0 Å². The van der Waals surface area contributed by atoms with Crippen molar-refractivity contribution < 1.29 is 9.59 Å². The second kappa shape index (κ2) is 13.6. The molecule has 0 unspecified atom stereocenters. The number of nitrogens with one attached hydrogen (secondary N) is 2. The molecular formula is C31H37N3O2. The Kier molecular flexibility index (Phi) is 9.69. The normalized spacial score (nSPS) is 14.7. The lowest BCUT2D eigenvalue weighted by Crippen LogP contribution is -2.47. The van der Waals surface area contributed by atoms with Crippen molar-refractivity contribution >= 4 is 11.8 Å². The summed E-state index contributed by atoms with van der Waals surface area (Å²) in [6.45, 7) is 3.77. The van der Waals surface area contributed by atoms with Crippen LogP contribution in [-0.4, -0.2) is 48.9 Å². The lowest BCUT2D eigenvalue weighted by Gasteiger charge is -2.27. The molecule has 5 heteroatoms. The zero-order valence-electron chi connectivity index (χ0n) is 21.0. The van der Waals surface area contributed by atoms with Gasteiger partial charge in [0, 0.05) is 12.1 Å². The number of likely N-dealkylation sites (tertiary alicyclic amines) is 1. The van der Waals surface area contributed by atoms with Gasteiger partial charge in [-0.3, -0.25) is 9.59 Å². The molecule has 36 heavy (non-hydrogen) atoms. The highest BCUT2D eigenvalue weighted by atomic mass is 16.2. The van der Waals surface area contributed by atoms with Crippen LogP contribution in [0, 0.1) is 0 Å². The topological polar surface area (TPSA) is 61.4 Å². The summed E-state index contributed by atoms with van der Waals surface area (Å²) >= 11 is 0. The molecular weight excluding hydrogens is 446 g/mol. The smallest absolute Gasteiger partial charge is 0.252 e. The highest BCUT2D eigenvalue weighted by Gasteiger charge is 2.23. The molecule has 1 fully saturated rings. The first-order chi connectivity index (χ1) is 17.7. The monoisotopic (exact) mass is 483 g/mol. The van der Waals surface area contributed by atoms with E-state index in [9.17, 15) is 9.59 Å². The molecule has 4 rings (SSSR count). The average molecular weight is 484 g/mol. The van der Waals surface area contributed by atoms with Gasteiger partial charge < -0.3 is 15.5 Å². The number of carbonyl (C=O) groups excluding carboxylic acids is 2. The minimum absolute atomic E-state index is 0.116. The minimum Gasteiger partial charge on any atom is -0.354 e. The Morgan fingerprint density at radius 1 is 0.806 bits per heavy atom. The fraction of sp³-hybridized carbons (Fsp3) is 0.355. The van der Waals surface area contributed by atoms with Gasteiger partial charge in [-0.1, -0.05) is 85.3 Å². The van der Waals surface area contributed by atoms with E-state index in [2.05, 4.69) is 27.7 Å². The molecule has 0 bridgehead atoms. The number of benzene rings is 3. The number of nitrogens with zero attached hydrogens (tertiary/aromatic N) is 1. The van der Waals surface area contributed by atoms with Gasteiger partial charge in [0.05, 0.1) is 0 Å². The zero-order chi connectivity index (χ0) is 25.0. The summed E-state index contributed by atoms with van der Waals surface area (Å²) in [7, 11) is 0. The molecule has 3 aromatic carbocycles. The van der Waals surface area contributed by atoms with Gasteiger partial charge in [-0.15, -0.1) is 0 Å². The number of carbonyl (C=O) groups is 2. The maximum atomic E-state index is 13.4. The van der Waals surface area contributed by atoms with E-state index in [-0.39, 0.29) is 11.8 Å². The van der Waals surface area contributed by atoms with Gasteiger partial charge in [0.1, 0.15) is 6.04 Å². The van der Waals surface area contributed by atoms with Gasteiger partial charge in [-0.05, 0) is 74.5 Å². The van der Waals surface area contributed by atoms with Crippen LogP contribution in [0.5, 0.6) is 0 Å². The first-order valence-corrected chi connectivity index (χ1v) is 13.2. The van der Waals surface area contributed by atoms with Crippen molar-refractivity contribution in [1.82, 2.24) is 15.5 Å². The van der Waals surface area contributed by atoms with E-state index in [0.29, 0.717) is 18.5 Å². The summed E-state index contributed by atoms with van der Waals surface area (Å²) in [5, 5.41) is 6.12. The molecule has 0 aliphatic carbocycles. The van der Waals surface area contributed by atoms with Crippen LogP contribution in [-0.2, 0) is 11.2 Å². The number of amides is 2. The molecule has 2 amide bonds. The Morgan fingerprint density at radius 2 is 1.47 bits per heavy atom. The molecule has 0 spiro atoms. The molecule has 0 radical (unpaired) electrons. The summed E-state index contributed by atoms with van der Waals surface area (Å²) < 4.78 is 0. The Morgan fingerprint density at radius 3 is 2.22 bits per heavy atom. The molecule has 1 aliphatic rings. The zero-order valence-corrected chi connectivity index (χ0v) is 21.0. The number of hydrogen-bond donors (Lipinski definition) is 2. The lowest BCUT2D eigenvalue weighted by molar-refractivity contribution is -0.123. The second-order valence-electron chi connectivity index (χ2n) is 9.51. The van der Waals surface area contributed by atoms with Crippen molar-refractivity contribution in [3.63, 3.8) is 0 Å². The van der Waals surface area contributed by atoms with Crippen LogP contribution in [0.15, 0.2) is 84.9 Å². The Bertz CT molecular complexity index is 1100. The Balaban J connectivity index is 1.41. The van der Waals surface area contributed by atoms with E-state index in [4.69, 9.17) is 0 Å². The quantitative estimate of drug-likeness (QED) is 0.400. The van der Waals surface area contributed by atoms with E-state index in [1.54, 1.807) is 0 Å². The largest absolute Gasteiger partial charge is 0.354 e. The van der Waals surface area contributed by atoms with E-state index in [1.165, 1.54) is 24.8 Å². The van der Waals surface area contributed by atoms with Gasteiger partial charge in [-0.25, -0.2) is 0 Å².